The van der Waals surface area contributed by atoms with Gasteiger partial charge in [0, 0.05) is 15.6 Å². The third kappa shape index (κ3) is 2.74. The summed E-state index contributed by atoms with van der Waals surface area (Å²) in [6.45, 7) is 0. The molecule has 20 heavy (non-hydrogen) atoms. The lowest BCUT2D eigenvalue weighted by atomic mass is 10.0. The topological polar surface area (TPSA) is 12.0 Å². The van der Waals surface area contributed by atoms with Crippen LogP contribution in [0, 0.1) is 5.82 Å². The second-order valence-corrected chi connectivity index (χ2v) is 5.97. The second-order valence-electron chi connectivity index (χ2n) is 4.86. The average Bonchev–Trinajstić information content (AvgIpc) is 2.90. The van der Waals surface area contributed by atoms with Crippen LogP contribution in [-0.2, 0) is 6.42 Å². The van der Waals surface area contributed by atoms with Crippen LogP contribution in [0.1, 0.15) is 16.5 Å². The number of thiophene rings is 1. The lowest BCUT2D eigenvalue weighted by Crippen LogP contribution is -2.17. The van der Waals surface area contributed by atoms with Crippen LogP contribution in [0.3, 0.4) is 0 Å². The molecule has 0 aliphatic rings. The van der Waals surface area contributed by atoms with Gasteiger partial charge in [-0.15, -0.1) is 11.3 Å². The van der Waals surface area contributed by atoms with E-state index in [0.29, 0.717) is 0 Å². The number of fused-ring (bicyclic) bond motifs is 1. The zero-order valence-corrected chi connectivity index (χ0v) is 12.1. The number of rotatable bonds is 4. The first-order valence-electron chi connectivity index (χ1n) is 6.66. The molecule has 0 bridgehead atoms. The molecule has 0 saturated carbocycles. The minimum absolute atomic E-state index is 0.184. The lowest BCUT2D eigenvalue weighted by molar-refractivity contribution is 0.598. The van der Waals surface area contributed by atoms with Crippen LogP contribution in [-0.4, -0.2) is 7.05 Å². The Labute approximate surface area is 122 Å². The Morgan fingerprint density at radius 3 is 2.55 bits per heavy atom. The summed E-state index contributed by atoms with van der Waals surface area (Å²) < 4.78 is 14.3. The maximum Gasteiger partial charge on any atom is 0.123 e. The molecule has 102 valence electrons. The maximum absolute atomic E-state index is 13.0. The van der Waals surface area contributed by atoms with E-state index in [1.54, 1.807) is 0 Å². The summed E-state index contributed by atoms with van der Waals surface area (Å²) in [6, 6.07) is 17.7. The van der Waals surface area contributed by atoms with Crippen molar-refractivity contribution >= 4 is 21.4 Å². The molecule has 0 fully saturated rings. The van der Waals surface area contributed by atoms with Gasteiger partial charge >= 0.3 is 0 Å². The summed E-state index contributed by atoms with van der Waals surface area (Å²) in [4.78, 5) is 1.32. The van der Waals surface area contributed by atoms with Crippen molar-refractivity contribution in [2.24, 2.45) is 0 Å². The van der Waals surface area contributed by atoms with E-state index in [1.807, 2.05) is 30.5 Å². The molecule has 0 aliphatic carbocycles. The van der Waals surface area contributed by atoms with E-state index in [9.17, 15) is 4.39 Å². The van der Waals surface area contributed by atoms with Crippen molar-refractivity contribution in [3.05, 3.63) is 70.9 Å². The van der Waals surface area contributed by atoms with Gasteiger partial charge in [-0.3, -0.25) is 0 Å². The van der Waals surface area contributed by atoms with Crippen LogP contribution in [0.2, 0.25) is 0 Å². The Balaban J connectivity index is 1.87. The molecule has 0 amide bonds. The number of likely N-dealkylation sites (N-methyl/N-ethyl adjacent to an activating group) is 1. The molecule has 1 heterocycles. The molecule has 0 saturated heterocycles. The fourth-order valence-corrected chi connectivity index (χ4v) is 3.55. The van der Waals surface area contributed by atoms with Gasteiger partial charge in [0.05, 0.1) is 0 Å². The number of halogens is 1. The quantitative estimate of drug-likeness (QED) is 0.742. The summed E-state index contributed by atoms with van der Waals surface area (Å²) in [6.07, 6.45) is 0.865. The highest BCUT2D eigenvalue weighted by Gasteiger charge is 2.13. The number of benzene rings is 2. The first-order chi connectivity index (χ1) is 9.76. The molecule has 1 N–H and O–H groups in total. The SMILES string of the molecule is CNC(Cc1ccc(F)cc1)c1cc2ccccc2s1. The van der Waals surface area contributed by atoms with E-state index < -0.39 is 0 Å². The lowest BCUT2D eigenvalue weighted by Gasteiger charge is -2.14. The molecular weight excluding hydrogens is 269 g/mol. The van der Waals surface area contributed by atoms with Crippen molar-refractivity contribution in [3.63, 3.8) is 0 Å². The number of hydrogen-bond donors (Lipinski definition) is 1. The predicted molar refractivity (Wildman–Crippen MR) is 83.7 cm³/mol. The molecule has 3 aromatic rings. The van der Waals surface area contributed by atoms with Crippen LogP contribution >= 0.6 is 11.3 Å². The Hall–Kier alpha value is -1.71. The molecule has 3 heteroatoms. The highest BCUT2D eigenvalue weighted by molar-refractivity contribution is 7.19. The van der Waals surface area contributed by atoms with Gasteiger partial charge in [0.25, 0.3) is 0 Å². The van der Waals surface area contributed by atoms with E-state index in [4.69, 9.17) is 0 Å². The molecule has 1 atom stereocenters. The normalized spacial score (nSPS) is 12.7. The highest BCUT2D eigenvalue weighted by atomic mass is 32.1. The Bertz CT molecular complexity index is 669. The van der Waals surface area contributed by atoms with Gasteiger partial charge in [0.15, 0.2) is 0 Å². The Morgan fingerprint density at radius 2 is 1.85 bits per heavy atom. The van der Waals surface area contributed by atoms with E-state index in [-0.39, 0.29) is 11.9 Å². The maximum atomic E-state index is 13.0. The van der Waals surface area contributed by atoms with Gasteiger partial charge in [-0.05, 0) is 48.7 Å². The van der Waals surface area contributed by atoms with Gasteiger partial charge in [-0.2, -0.15) is 0 Å². The number of hydrogen-bond acceptors (Lipinski definition) is 2. The minimum atomic E-state index is -0.184. The van der Waals surface area contributed by atoms with Gasteiger partial charge in [-0.1, -0.05) is 30.3 Å². The summed E-state index contributed by atoms with van der Waals surface area (Å²) in [7, 11) is 1.97. The van der Waals surface area contributed by atoms with Crippen molar-refractivity contribution in [3.8, 4) is 0 Å². The van der Waals surface area contributed by atoms with Crippen molar-refractivity contribution in [1.82, 2.24) is 5.32 Å². The fourth-order valence-electron chi connectivity index (χ4n) is 2.38. The van der Waals surface area contributed by atoms with Gasteiger partial charge in [-0.25, -0.2) is 4.39 Å². The third-order valence-electron chi connectivity index (χ3n) is 3.49. The summed E-state index contributed by atoms with van der Waals surface area (Å²) in [5.74, 6) is -0.184. The zero-order valence-electron chi connectivity index (χ0n) is 11.3. The molecule has 3 rings (SSSR count). The van der Waals surface area contributed by atoms with Gasteiger partial charge in [0.1, 0.15) is 5.82 Å². The van der Waals surface area contributed by atoms with Crippen molar-refractivity contribution < 1.29 is 4.39 Å². The monoisotopic (exact) mass is 285 g/mol. The third-order valence-corrected chi connectivity index (χ3v) is 4.72. The van der Waals surface area contributed by atoms with Crippen molar-refractivity contribution in [1.29, 1.82) is 0 Å². The Kier molecular flexibility index (Phi) is 3.81. The molecule has 1 unspecified atom stereocenters. The second kappa shape index (κ2) is 5.73. The van der Waals surface area contributed by atoms with Crippen molar-refractivity contribution in [2.75, 3.05) is 7.05 Å². The molecule has 0 spiro atoms. The smallest absolute Gasteiger partial charge is 0.123 e. The first kappa shape index (κ1) is 13.3. The standard InChI is InChI=1S/C17H16FNS/c1-19-15(10-12-6-8-14(18)9-7-12)17-11-13-4-2-3-5-16(13)20-17/h2-9,11,15,19H,10H2,1H3. The summed E-state index contributed by atoms with van der Waals surface area (Å²) >= 11 is 1.82. The molecule has 0 aliphatic heterocycles. The van der Waals surface area contributed by atoms with Crippen molar-refractivity contribution in [2.45, 2.75) is 12.5 Å². The minimum Gasteiger partial charge on any atom is -0.312 e. The Morgan fingerprint density at radius 1 is 1.10 bits per heavy atom. The molecule has 1 aromatic heterocycles. The molecular formula is C17H16FNS. The fraction of sp³-hybridized carbons (Fsp3) is 0.176. The van der Waals surface area contributed by atoms with Gasteiger partial charge in [0.2, 0.25) is 0 Å². The van der Waals surface area contributed by atoms with Crippen LogP contribution in [0.15, 0.2) is 54.6 Å². The molecule has 1 nitrogen and oxygen atoms in total. The van der Waals surface area contributed by atoms with Crippen LogP contribution in [0.4, 0.5) is 4.39 Å². The van der Waals surface area contributed by atoms with E-state index in [0.717, 1.165) is 12.0 Å². The first-order valence-corrected chi connectivity index (χ1v) is 7.48. The van der Waals surface area contributed by atoms with E-state index in [1.165, 1.54) is 27.1 Å². The molecule has 0 radical (unpaired) electrons. The van der Waals surface area contributed by atoms with E-state index in [2.05, 4.69) is 35.6 Å². The molecule has 2 aromatic carbocycles. The number of nitrogens with one attached hydrogen (secondary N) is 1. The van der Waals surface area contributed by atoms with Gasteiger partial charge < -0.3 is 5.32 Å². The van der Waals surface area contributed by atoms with Crippen LogP contribution in [0.5, 0.6) is 0 Å². The summed E-state index contributed by atoms with van der Waals surface area (Å²) in [5.41, 5.74) is 1.14. The van der Waals surface area contributed by atoms with E-state index >= 15 is 0 Å². The average molecular weight is 285 g/mol. The zero-order chi connectivity index (χ0) is 13.9. The summed E-state index contributed by atoms with van der Waals surface area (Å²) in [5, 5.41) is 4.64. The van der Waals surface area contributed by atoms with Crippen LogP contribution in [0.25, 0.3) is 10.1 Å². The largest absolute Gasteiger partial charge is 0.312 e. The highest BCUT2D eigenvalue weighted by Crippen LogP contribution is 2.31. The van der Waals surface area contributed by atoms with Crippen LogP contribution < -0.4 is 5.32 Å². The predicted octanol–water partition coefficient (Wildman–Crippen LogP) is 4.54.